The second kappa shape index (κ2) is 5.71. The molecule has 1 saturated heterocycles. The summed E-state index contributed by atoms with van der Waals surface area (Å²) < 4.78 is 38.2. The number of rotatable bonds is 3. The zero-order chi connectivity index (χ0) is 14.8. The minimum atomic E-state index is -4.48. The zero-order valence-electron chi connectivity index (χ0n) is 11.2. The molecule has 1 aromatic carbocycles. The molecule has 0 spiro atoms. The minimum absolute atomic E-state index is 0.313. The Bertz CT molecular complexity index is 519. The van der Waals surface area contributed by atoms with Crippen molar-refractivity contribution in [3.63, 3.8) is 0 Å². The predicted octanol–water partition coefficient (Wildman–Crippen LogP) is 2.62. The number of alkyl halides is 3. The Balaban J connectivity index is 2.21. The molecular weight excluding hydrogens is 267 g/mol. The van der Waals surface area contributed by atoms with Crippen molar-refractivity contribution in [3.05, 3.63) is 29.3 Å². The topological polar surface area (TPSA) is 39.1 Å². The minimum Gasteiger partial charge on any atom is -0.371 e. The molecule has 1 N–H and O–H groups in total. The zero-order valence-corrected chi connectivity index (χ0v) is 11.2. The van der Waals surface area contributed by atoms with Gasteiger partial charge in [0.25, 0.3) is 0 Å². The molecule has 6 heteroatoms. The molecule has 20 heavy (non-hydrogen) atoms. The number of nitrogens with one attached hydrogen (secondary N) is 1. The van der Waals surface area contributed by atoms with Gasteiger partial charge in [0.15, 0.2) is 0 Å². The standard InChI is InChI=1S/C14H16F3N3/c1-19-8-10-4-5-20(9-10)12-2-3-13(14(15,16)17)11(6-12)7-18/h2-3,6,10,19H,4-5,8-9H2,1H3. The van der Waals surface area contributed by atoms with Crippen LogP contribution in [0.25, 0.3) is 0 Å². The molecule has 1 aliphatic rings. The number of hydrogen-bond acceptors (Lipinski definition) is 3. The van der Waals surface area contributed by atoms with Crippen LogP contribution in [0.4, 0.5) is 18.9 Å². The summed E-state index contributed by atoms with van der Waals surface area (Å²) in [6.07, 6.45) is -3.48. The van der Waals surface area contributed by atoms with Gasteiger partial charge in [-0.1, -0.05) is 0 Å². The van der Waals surface area contributed by atoms with Crippen LogP contribution in [-0.2, 0) is 6.18 Å². The molecule has 1 heterocycles. The van der Waals surface area contributed by atoms with E-state index in [0.29, 0.717) is 11.6 Å². The Morgan fingerprint density at radius 2 is 2.20 bits per heavy atom. The van der Waals surface area contributed by atoms with Crippen LogP contribution in [0.2, 0.25) is 0 Å². The first-order valence-electron chi connectivity index (χ1n) is 6.46. The van der Waals surface area contributed by atoms with E-state index in [1.807, 2.05) is 11.9 Å². The first kappa shape index (κ1) is 14.7. The molecule has 0 saturated carbocycles. The monoisotopic (exact) mass is 283 g/mol. The van der Waals surface area contributed by atoms with Gasteiger partial charge in [0.1, 0.15) is 0 Å². The van der Waals surface area contributed by atoms with Crippen molar-refractivity contribution in [1.82, 2.24) is 5.32 Å². The average molecular weight is 283 g/mol. The van der Waals surface area contributed by atoms with Crippen LogP contribution < -0.4 is 10.2 Å². The summed E-state index contributed by atoms with van der Waals surface area (Å²) in [6, 6.07) is 5.43. The van der Waals surface area contributed by atoms with Gasteiger partial charge in [-0.15, -0.1) is 0 Å². The fraction of sp³-hybridized carbons (Fsp3) is 0.500. The molecule has 0 bridgehead atoms. The summed E-state index contributed by atoms with van der Waals surface area (Å²) in [4.78, 5) is 2.03. The molecule has 3 nitrogen and oxygen atoms in total. The smallest absolute Gasteiger partial charge is 0.371 e. The van der Waals surface area contributed by atoms with E-state index in [9.17, 15) is 13.2 Å². The molecule has 1 unspecified atom stereocenters. The average Bonchev–Trinajstić information content (AvgIpc) is 2.86. The van der Waals surface area contributed by atoms with Crippen LogP contribution in [0, 0.1) is 17.2 Å². The maximum Gasteiger partial charge on any atom is 0.417 e. The third-order valence-corrected chi connectivity index (χ3v) is 3.57. The van der Waals surface area contributed by atoms with Crippen LogP contribution >= 0.6 is 0 Å². The summed E-state index contributed by atoms with van der Waals surface area (Å²) in [5, 5.41) is 12.0. The van der Waals surface area contributed by atoms with Crippen LogP contribution in [0.5, 0.6) is 0 Å². The molecule has 1 aliphatic heterocycles. The van der Waals surface area contributed by atoms with Gasteiger partial charge in [0.2, 0.25) is 0 Å². The molecule has 2 rings (SSSR count). The molecule has 0 aromatic heterocycles. The van der Waals surface area contributed by atoms with E-state index in [2.05, 4.69) is 5.32 Å². The number of halogens is 3. The lowest BCUT2D eigenvalue weighted by Gasteiger charge is -2.20. The molecule has 0 aliphatic carbocycles. The van der Waals surface area contributed by atoms with Crippen LogP contribution in [0.3, 0.4) is 0 Å². The summed E-state index contributed by atoms with van der Waals surface area (Å²) >= 11 is 0. The second-order valence-corrected chi connectivity index (χ2v) is 5.00. The Kier molecular flexibility index (Phi) is 4.19. The third-order valence-electron chi connectivity index (χ3n) is 3.57. The van der Waals surface area contributed by atoms with Gasteiger partial charge in [0, 0.05) is 18.8 Å². The number of anilines is 1. The molecule has 1 fully saturated rings. The highest BCUT2D eigenvalue weighted by Crippen LogP contribution is 2.34. The number of nitriles is 1. The largest absolute Gasteiger partial charge is 0.417 e. The van der Waals surface area contributed by atoms with E-state index in [1.165, 1.54) is 12.1 Å². The lowest BCUT2D eigenvalue weighted by molar-refractivity contribution is -0.137. The van der Waals surface area contributed by atoms with E-state index in [-0.39, 0.29) is 5.56 Å². The molecule has 108 valence electrons. The van der Waals surface area contributed by atoms with Crippen LogP contribution in [0.1, 0.15) is 17.5 Å². The first-order chi connectivity index (χ1) is 9.45. The van der Waals surface area contributed by atoms with Crippen LogP contribution in [0.15, 0.2) is 18.2 Å². The fourth-order valence-corrected chi connectivity index (χ4v) is 2.59. The van der Waals surface area contributed by atoms with Gasteiger partial charge in [-0.25, -0.2) is 0 Å². The van der Waals surface area contributed by atoms with Crippen LogP contribution in [-0.4, -0.2) is 26.7 Å². The number of benzene rings is 1. The van der Waals surface area contributed by atoms with E-state index in [1.54, 1.807) is 6.07 Å². The highest BCUT2D eigenvalue weighted by molar-refractivity contribution is 5.55. The highest BCUT2D eigenvalue weighted by Gasteiger charge is 2.34. The SMILES string of the molecule is CNCC1CCN(c2ccc(C(F)(F)F)c(C#N)c2)C1. The molecule has 1 aromatic rings. The van der Waals surface area contributed by atoms with Crippen molar-refractivity contribution in [2.24, 2.45) is 5.92 Å². The summed E-state index contributed by atoms with van der Waals surface area (Å²) in [6.45, 7) is 2.50. The van der Waals surface area contributed by atoms with Gasteiger partial charge in [-0.3, -0.25) is 0 Å². The highest BCUT2D eigenvalue weighted by atomic mass is 19.4. The van der Waals surface area contributed by atoms with Gasteiger partial charge in [-0.2, -0.15) is 18.4 Å². The molecule has 0 amide bonds. The normalized spacial score (nSPS) is 19.1. The van der Waals surface area contributed by atoms with Crippen molar-refractivity contribution >= 4 is 5.69 Å². The Morgan fingerprint density at radius 1 is 1.45 bits per heavy atom. The third kappa shape index (κ3) is 3.05. The summed E-state index contributed by atoms with van der Waals surface area (Å²) in [5.74, 6) is 0.493. The van der Waals surface area contributed by atoms with E-state index < -0.39 is 11.7 Å². The molecular formula is C14H16F3N3. The van der Waals surface area contributed by atoms with Gasteiger partial charge < -0.3 is 10.2 Å². The fourth-order valence-electron chi connectivity index (χ4n) is 2.59. The number of nitrogens with zero attached hydrogens (tertiary/aromatic N) is 2. The van der Waals surface area contributed by atoms with Crippen molar-refractivity contribution in [3.8, 4) is 6.07 Å². The lowest BCUT2D eigenvalue weighted by Crippen LogP contribution is -2.24. The number of hydrogen-bond donors (Lipinski definition) is 1. The Labute approximate surface area is 116 Å². The van der Waals surface area contributed by atoms with E-state index in [0.717, 1.165) is 32.1 Å². The van der Waals surface area contributed by atoms with Crippen molar-refractivity contribution in [1.29, 1.82) is 5.26 Å². The summed E-state index contributed by atoms with van der Waals surface area (Å²) in [7, 11) is 1.88. The second-order valence-electron chi connectivity index (χ2n) is 5.00. The molecule has 1 atom stereocenters. The Morgan fingerprint density at radius 3 is 2.80 bits per heavy atom. The van der Waals surface area contributed by atoms with Gasteiger partial charge in [-0.05, 0) is 44.1 Å². The van der Waals surface area contributed by atoms with E-state index in [4.69, 9.17) is 5.26 Å². The maximum absolute atomic E-state index is 12.7. The maximum atomic E-state index is 12.7. The van der Waals surface area contributed by atoms with Crippen molar-refractivity contribution in [2.75, 3.05) is 31.6 Å². The Hall–Kier alpha value is -1.74. The van der Waals surface area contributed by atoms with Gasteiger partial charge in [0.05, 0.1) is 17.2 Å². The quantitative estimate of drug-likeness (QED) is 0.927. The molecule has 0 radical (unpaired) electrons. The van der Waals surface area contributed by atoms with Gasteiger partial charge >= 0.3 is 6.18 Å². The van der Waals surface area contributed by atoms with E-state index >= 15 is 0 Å². The van der Waals surface area contributed by atoms with Crippen molar-refractivity contribution < 1.29 is 13.2 Å². The van der Waals surface area contributed by atoms with Crippen molar-refractivity contribution in [2.45, 2.75) is 12.6 Å². The first-order valence-corrected chi connectivity index (χ1v) is 6.46. The lowest BCUT2D eigenvalue weighted by atomic mass is 10.1. The predicted molar refractivity (Wildman–Crippen MR) is 70.4 cm³/mol. The summed E-state index contributed by atoms with van der Waals surface area (Å²) in [5.41, 5.74) is -0.491.